The minimum Gasteiger partial charge on any atom is -0.276 e. The average Bonchev–Trinajstić information content (AvgIpc) is 3.20. The van der Waals surface area contributed by atoms with Gasteiger partial charge in [0.2, 0.25) is 0 Å². The number of fused-ring (bicyclic) bond motifs is 1. The standard InChI is InChI=1S/C19H18ClN5O/c1-13(2)25-19(26)17-5-3-4-6-18(17)24(25)12-15-11-23(22-21-15)16-9-7-14(20)8-10-16/h3-11,13H,12H2,1-2H3. The van der Waals surface area contributed by atoms with Crippen LogP contribution in [0.15, 0.2) is 59.5 Å². The van der Waals surface area contributed by atoms with Crippen molar-refractivity contribution in [3.63, 3.8) is 0 Å². The van der Waals surface area contributed by atoms with E-state index >= 15 is 0 Å². The molecule has 0 atom stereocenters. The molecule has 0 N–H and O–H groups in total. The number of para-hydroxylation sites is 1. The van der Waals surface area contributed by atoms with Gasteiger partial charge in [-0.3, -0.25) is 9.48 Å². The minimum atomic E-state index is 0.0145. The molecule has 4 rings (SSSR count). The van der Waals surface area contributed by atoms with Crippen molar-refractivity contribution in [2.75, 3.05) is 0 Å². The molecule has 2 aromatic heterocycles. The fourth-order valence-electron chi connectivity index (χ4n) is 3.15. The highest BCUT2D eigenvalue weighted by Gasteiger charge is 2.16. The lowest BCUT2D eigenvalue weighted by molar-refractivity contribution is 0.425. The number of rotatable bonds is 4. The van der Waals surface area contributed by atoms with E-state index in [2.05, 4.69) is 10.3 Å². The summed E-state index contributed by atoms with van der Waals surface area (Å²) >= 11 is 5.94. The van der Waals surface area contributed by atoms with Gasteiger partial charge in [-0.1, -0.05) is 28.9 Å². The van der Waals surface area contributed by atoms with Crippen LogP contribution in [0.5, 0.6) is 0 Å². The van der Waals surface area contributed by atoms with Crippen LogP contribution in [0.1, 0.15) is 25.6 Å². The first-order valence-electron chi connectivity index (χ1n) is 8.42. The third-order valence-corrected chi connectivity index (χ3v) is 4.57. The molecule has 0 aliphatic heterocycles. The van der Waals surface area contributed by atoms with Crippen LogP contribution in [0.2, 0.25) is 5.02 Å². The predicted octanol–water partition coefficient (Wildman–Crippen LogP) is 3.67. The minimum absolute atomic E-state index is 0.0145. The molecular weight excluding hydrogens is 350 g/mol. The second-order valence-corrected chi connectivity index (χ2v) is 6.89. The molecule has 4 aromatic rings. The lowest BCUT2D eigenvalue weighted by atomic mass is 10.2. The van der Waals surface area contributed by atoms with Gasteiger partial charge in [-0.25, -0.2) is 9.36 Å². The Labute approximate surface area is 155 Å². The van der Waals surface area contributed by atoms with Crippen LogP contribution >= 0.6 is 11.6 Å². The summed E-state index contributed by atoms with van der Waals surface area (Å²) in [6.45, 7) is 4.47. The molecule has 0 radical (unpaired) electrons. The fraction of sp³-hybridized carbons (Fsp3) is 0.211. The van der Waals surface area contributed by atoms with Crippen molar-refractivity contribution in [1.29, 1.82) is 0 Å². The van der Waals surface area contributed by atoms with Gasteiger partial charge in [0.25, 0.3) is 5.56 Å². The maximum absolute atomic E-state index is 12.7. The van der Waals surface area contributed by atoms with Crippen LogP contribution < -0.4 is 5.56 Å². The first-order chi connectivity index (χ1) is 12.5. The molecule has 2 heterocycles. The third-order valence-electron chi connectivity index (χ3n) is 4.31. The number of halogens is 1. The summed E-state index contributed by atoms with van der Waals surface area (Å²) in [7, 11) is 0. The SMILES string of the molecule is CC(C)n1c(=O)c2ccccc2n1Cc1cn(-c2ccc(Cl)cc2)nn1. The van der Waals surface area contributed by atoms with Crippen molar-refractivity contribution in [2.45, 2.75) is 26.4 Å². The normalized spacial score (nSPS) is 11.5. The van der Waals surface area contributed by atoms with Crippen molar-refractivity contribution in [3.05, 3.63) is 75.8 Å². The monoisotopic (exact) mass is 367 g/mol. The van der Waals surface area contributed by atoms with Gasteiger partial charge < -0.3 is 0 Å². The quantitative estimate of drug-likeness (QED) is 0.553. The van der Waals surface area contributed by atoms with Crippen LogP contribution in [0.4, 0.5) is 0 Å². The van der Waals surface area contributed by atoms with E-state index in [9.17, 15) is 4.79 Å². The molecule has 0 spiro atoms. The Morgan fingerprint density at radius 3 is 2.54 bits per heavy atom. The van der Waals surface area contributed by atoms with E-state index < -0.39 is 0 Å². The summed E-state index contributed by atoms with van der Waals surface area (Å²) in [5.41, 5.74) is 2.56. The lowest BCUT2D eigenvalue weighted by Gasteiger charge is -2.14. The third kappa shape index (κ3) is 2.82. The van der Waals surface area contributed by atoms with Gasteiger partial charge in [-0.15, -0.1) is 5.10 Å². The maximum atomic E-state index is 12.7. The van der Waals surface area contributed by atoms with E-state index in [0.717, 1.165) is 16.9 Å². The first kappa shape index (κ1) is 16.6. The van der Waals surface area contributed by atoms with Crippen molar-refractivity contribution < 1.29 is 0 Å². The van der Waals surface area contributed by atoms with E-state index in [1.54, 1.807) is 9.36 Å². The van der Waals surface area contributed by atoms with Crippen LogP contribution in [0.3, 0.4) is 0 Å². The second kappa shape index (κ2) is 6.46. The van der Waals surface area contributed by atoms with E-state index in [4.69, 9.17) is 11.6 Å². The topological polar surface area (TPSA) is 57.6 Å². The molecule has 0 fully saturated rings. The molecule has 2 aromatic carbocycles. The number of hydrogen-bond acceptors (Lipinski definition) is 3. The number of aromatic nitrogens is 5. The van der Waals surface area contributed by atoms with Gasteiger partial charge in [0, 0.05) is 11.1 Å². The van der Waals surface area contributed by atoms with Crippen molar-refractivity contribution in [2.24, 2.45) is 0 Å². The summed E-state index contributed by atoms with van der Waals surface area (Å²) in [6, 6.07) is 15.1. The molecule has 0 saturated carbocycles. The van der Waals surface area contributed by atoms with Crippen molar-refractivity contribution in [3.8, 4) is 5.69 Å². The van der Waals surface area contributed by atoms with Crippen molar-refractivity contribution in [1.82, 2.24) is 24.4 Å². The van der Waals surface area contributed by atoms with E-state index in [1.165, 1.54) is 0 Å². The molecule has 0 saturated heterocycles. The molecule has 0 amide bonds. The van der Waals surface area contributed by atoms with Crippen LogP contribution in [0.25, 0.3) is 16.6 Å². The zero-order chi connectivity index (χ0) is 18.3. The maximum Gasteiger partial charge on any atom is 0.274 e. The van der Waals surface area contributed by atoms with E-state index in [0.29, 0.717) is 17.0 Å². The molecule has 6 nitrogen and oxygen atoms in total. The summed E-state index contributed by atoms with van der Waals surface area (Å²) < 4.78 is 5.44. The number of benzene rings is 2. The predicted molar refractivity (Wildman–Crippen MR) is 102 cm³/mol. The Kier molecular flexibility index (Phi) is 4.12. The molecule has 7 heteroatoms. The summed E-state index contributed by atoms with van der Waals surface area (Å²) in [4.78, 5) is 12.7. The largest absolute Gasteiger partial charge is 0.276 e. The fourth-order valence-corrected chi connectivity index (χ4v) is 3.27. The Hall–Kier alpha value is -2.86. The van der Waals surface area contributed by atoms with Gasteiger partial charge in [0.1, 0.15) is 5.69 Å². The van der Waals surface area contributed by atoms with Gasteiger partial charge in [-0.2, -0.15) is 0 Å². The molecule has 0 aliphatic carbocycles. The first-order valence-corrected chi connectivity index (χ1v) is 8.79. The van der Waals surface area contributed by atoms with E-state index in [-0.39, 0.29) is 11.6 Å². The Morgan fingerprint density at radius 1 is 1.08 bits per heavy atom. The molecule has 0 unspecified atom stereocenters. The Morgan fingerprint density at radius 2 is 1.81 bits per heavy atom. The second-order valence-electron chi connectivity index (χ2n) is 6.45. The zero-order valence-corrected chi connectivity index (χ0v) is 15.3. The Bertz CT molecular complexity index is 1120. The highest BCUT2D eigenvalue weighted by molar-refractivity contribution is 6.30. The lowest BCUT2D eigenvalue weighted by Crippen LogP contribution is -2.25. The van der Waals surface area contributed by atoms with Crippen LogP contribution in [0, 0.1) is 0 Å². The summed E-state index contributed by atoms with van der Waals surface area (Å²) in [5.74, 6) is 0. The molecule has 132 valence electrons. The smallest absolute Gasteiger partial charge is 0.274 e. The van der Waals surface area contributed by atoms with Gasteiger partial charge in [0.05, 0.1) is 29.3 Å². The highest BCUT2D eigenvalue weighted by Crippen LogP contribution is 2.17. The molecule has 0 aliphatic rings. The number of nitrogens with zero attached hydrogens (tertiary/aromatic N) is 5. The van der Waals surface area contributed by atoms with Crippen molar-refractivity contribution >= 4 is 22.5 Å². The number of hydrogen-bond donors (Lipinski definition) is 0. The van der Waals surface area contributed by atoms with Gasteiger partial charge >= 0.3 is 0 Å². The van der Waals surface area contributed by atoms with Gasteiger partial charge in [0.15, 0.2) is 0 Å². The van der Waals surface area contributed by atoms with E-state index in [1.807, 2.05) is 73.3 Å². The Balaban J connectivity index is 1.75. The van der Waals surface area contributed by atoms with Crippen LogP contribution in [-0.2, 0) is 6.54 Å². The molecule has 26 heavy (non-hydrogen) atoms. The zero-order valence-electron chi connectivity index (χ0n) is 14.5. The summed E-state index contributed by atoms with van der Waals surface area (Å²) in [5, 5.41) is 9.86. The molecular formula is C19H18ClN5O. The highest BCUT2D eigenvalue weighted by atomic mass is 35.5. The van der Waals surface area contributed by atoms with Crippen LogP contribution in [-0.4, -0.2) is 24.4 Å². The average molecular weight is 368 g/mol. The molecule has 0 bridgehead atoms. The van der Waals surface area contributed by atoms with Gasteiger partial charge in [-0.05, 0) is 50.2 Å². The summed E-state index contributed by atoms with van der Waals surface area (Å²) in [6.07, 6.45) is 1.87.